The number of carbonyl (C=O) groups is 2. The number of aliphatic carboxylic acids is 1. The molecule has 1 amide bonds. The lowest BCUT2D eigenvalue weighted by atomic mass is 9.93. The lowest BCUT2D eigenvalue weighted by molar-refractivity contribution is -0.142. The van der Waals surface area contributed by atoms with Crippen LogP contribution >= 0.6 is 11.8 Å². The molecule has 0 saturated carbocycles. The standard InChI is InChI=1S/C22H27NO4S/c1-22(2,3)27-21(26)23-19(15-28-17-12-8-5-9-13-17)18(20(24)25)14-16-10-6-4-7-11-16/h4-13,18-19H,14-15H2,1-3H3,(H,23,26)(H,24,25). The summed E-state index contributed by atoms with van der Waals surface area (Å²) in [4.78, 5) is 25.4. The SMILES string of the molecule is CC(C)(C)OC(=O)NC(CSc1ccccc1)C(Cc1ccccc1)C(=O)O. The minimum Gasteiger partial charge on any atom is -0.481 e. The summed E-state index contributed by atoms with van der Waals surface area (Å²) >= 11 is 1.51. The van der Waals surface area contributed by atoms with E-state index in [1.54, 1.807) is 20.8 Å². The van der Waals surface area contributed by atoms with Gasteiger partial charge in [-0.1, -0.05) is 48.5 Å². The molecule has 28 heavy (non-hydrogen) atoms. The molecule has 2 atom stereocenters. The Morgan fingerprint density at radius 2 is 1.61 bits per heavy atom. The number of carboxylic acid groups (broad SMARTS) is 1. The molecule has 2 N–H and O–H groups in total. The van der Waals surface area contributed by atoms with Gasteiger partial charge in [-0.05, 0) is 44.9 Å². The van der Waals surface area contributed by atoms with Gasteiger partial charge in [0.15, 0.2) is 0 Å². The van der Waals surface area contributed by atoms with Crippen LogP contribution in [0.3, 0.4) is 0 Å². The fourth-order valence-electron chi connectivity index (χ4n) is 2.69. The zero-order valence-electron chi connectivity index (χ0n) is 16.4. The molecule has 0 aliphatic heterocycles. The first kappa shape index (κ1) is 21.8. The summed E-state index contributed by atoms with van der Waals surface area (Å²) in [7, 11) is 0. The van der Waals surface area contributed by atoms with E-state index in [4.69, 9.17) is 4.74 Å². The van der Waals surface area contributed by atoms with E-state index in [1.807, 2.05) is 60.7 Å². The van der Waals surface area contributed by atoms with Gasteiger partial charge >= 0.3 is 12.1 Å². The third-order valence-electron chi connectivity index (χ3n) is 3.98. The molecule has 0 aromatic heterocycles. The molecule has 2 aromatic rings. The van der Waals surface area contributed by atoms with Crippen molar-refractivity contribution < 1.29 is 19.4 Å². The van der Waals surface area contributed by atoms with Crippen molar-refractivity contribution in [2.75, 3.05) is 5.75 Å². The van der Waals surface area contributed by atoms with Crippen LogP contribution in [-0.4, -0.2) is 34.6 Å². The summed E-state index contributed by atoms with van der Waals surface area (Å²) in [6, 6.07) is 18.6. The van der Waals surface area contributed by atoms with E-state index in [-0.39, 0.29) is 0 Å². The molecule has 0 fully saturated rings. The van der Waals surface area contributed by atoms with Crippen molar-refractivity contribution >= 4 is 23.8 Å². The van der Waals surface area contributed by atoms with Crippen LogP contribution in [0.25, 0.3) is 0 Å². The molecular weight excluding hydrogens is 374 g/mol. The fraction of sp³-hybridized carbons (Fsp3) is 0.364. The number of amides is 1. The predicted molar refractivity (Wildman–Crippen MR) is 112 cm³/mol. The molecule has 0 bridgehead atoms. The van der Waals surface area contributed by atoms with Crippen molar-refractivity contribution in [1.29, 1.82) is 0 Å². The molecule has 0 radical (unpaired) electrons. The Morgan fingerprint density at radius 1 is 1.04 bits per heavy atom. The van der Waals surface area contributed by atoms with Gasteiger partial charge in [0.2, 0.25) is 0 Å². The van der Waals surface area contributed by atoms with E-state index in [0.29, 0.717) is 12.2 Å². The molecule has 150 valence electrons. The lowest BCUT2D eigenvalue weighted by Gasteiger charge is -2.27. The van der Waals surface area contributed by atoms with E-state index < -0.39 is 29.6 Å². The van der Waals surface area contributed by atoms with Crippen LogP contribution in [0.15, 0.2) is 65.6 Å². The number of ether oxygens (including phenoxy) is 1. The maximum absolute atomic E-state index is 12.3. The second kappa shape index (κ2) is 10.2. The van der Waals surface area contributed by atoms with Gasteiger partial charge in [-0.15, -0.1) is 11.8 Å². The highest BCUT2D eigenvalue weighted by molar-refractivity contribution is 7.99. The number of nitrogens with one attached hydrogen (secondary N) is 1. The summed E-state index contributed by atoms with van der Waals surface area (Å²) in [5, 5.41) is 12.6. The first-order valence-electron chi connectivity index (χ1n) is 9.19. The minimum absolute atomic E-state index is 0.325. The highest BCUT2D eigenvalue weighted by Crippen LogP contribution is 2.23. The molecule has 5 nitrogen and oxygen atoms in total. The predicted octanol–water partition coefficient (Wildman–Crippen LogP) is 4.62. The summed E-state index contributed by atoms with van der Waals surface area (Å²) in [6.07, 6.45) is -0.281. The van der Waals surface area contributed by atoms with Gasteiger partial charge in [-0.25, -0.2) is 4.79 Å². The number of hydrogen-bond acceptors (Lipinski definition) is 4. The highest BCUT2D eigenvalue weighted by Gasteiger charge is 2.31. The Morgan fingerprint density at radius 3 is 2.14 bits per heavy atom. The molecule has 2 unspecified atom stereocenters. The van der Waals surface area contributed by atoms with Crippen LogP contribution in [0.1, 0.15) is 26.3 Å². The van der Waals surface area contributed by atoms with Gasteiger partial charge in [-0.3, -0.25) is 4.79 Å². The Bertz CT molecular complexity index is 759. The van der Waals surface area contributed by atoms with Crippen molar-refractivity contribution in [1.82, 2.24) is 5.32 Å². The lowest BCUT2D eigenvalue weighted by Crippen LogP contribution is -2.47. The number of carboxylic acids is 1. The maximum Gasteiger partial charge on any atom is 0.407 e. The van der Waals surface area contributed by atoms with Gasteiger partial charge in [0.25, 0.3) is 0 Å². The van der Waals surface area contributed by atoms with E-state index in [1.165, 1.54) is 11.8 Å². The number of hydrogen-bond donors (Lipinski definition) is 2. The Kier molecular flexibility index (Phi) is 7.93. The zero-order chi connectivity index (χ0) is 20.6. The van der Waals surface area contributed by atoms with E-state index in [2.05, 4.69) is 5.32 Å². The number of alkyl carbamates (subject to hydrolysis) is 1. The van der Waals surface area contributed by atoms with Crippen LogP contribution in [0, 0.1) is 5.92 Å². The molecule has 6 heteroatoms. The zero-order valence-corrected chi connectivity index (χ0v) is 17.2. The van der Waals surface area contributed by atoms with Crippen LogP contribution in [0.2, 0.25) is 0 Å². The van der Waals surface area contributed by atoms with Crippen LogP contribution < -0.4 is 5.32 Å². The molecule has 2 rings (SSSR count). The number of thioether (sulfide) groups is 1. The second-order valence-electron chi connectivity index (χ2n) is 7.51. The monoisotopic (exact) mass is 401 g/mol. The number of rotatable bonds is 8. The van der Waals surface area contributed by atoms with Gasteiger partial charge < -0.3 is 15.2 Å². The van der Waals surface area contributed by atoms with Crippen molar-refractivity contribution in [3.63, 3.8) is 0 Å². The smallest absolute Gasteiger partial charge is 0.407 e. The topological polar surface area (TPSA) is 75.6 Å². The highest BCUT2D eigenvalue weighted by atomic mass is 32.2. The second-order valence-corrected chi connectivity index (χ2v) is 8.60. The van der Waals surface area contributed by atoms with Crippen LogP contribution in [0.4, 0.5) is 4.79 Å². The number of carbonyl (C=O) groups excluding carboxylic acids is 1. The third-order valence-corrected chi connectivity index (χ3v) is 5.11. The van der Waals surface area contributed by atoms with E-state index >= 15 is 0 Å². The van der Waals surface area contributed by atoms with Gasteiger partial charge in [0.05, 0.1) is 12.0 Å². The van der Waals surface area contributed by atoms with Crippen molar-refractivity contribution in [3.05, 3.63) is 66.2 Å². The summed E-state index contributed by atoms with van der Waals surface area (Å²) < 4.78 is 5.35. The summed E-state index contributed by atoms with van der Waals surface area (Å²) in [5.74, 6) is -1.29. The van der Waals surface area contributed by atoms with Crippen LogP contribution in [0.5, 0.6) is 0 Å². The molecule has 2 aromatic carbocycles. The third kappa shape index (κ3) is 7.64. The normalized spacial score (nSPS) is 13.4. The molecule has 0 spiro atoms. The Balaban J connectivity index is 2.17. The largest absolute Gasteiger partial charge is 0.481 e. The molecular formula is C22H27NO4S. The van der Waals surface area contributed by atoms with Gasteiger partial charge in [-0.2, -0.15) is 0 Å². The summed E-state index contributed by atoms with van der Waals surface area (Å²) in [6.45, 7) is 5.33. The van der Waals surface area contributed by atoms with E-state index in [9.17, 15) is 14.7 Å². The first-order chi connectivity index (χ1) is 13.2. The summed E-state index contributed by atoms with van der Waals surface area (Å²) in [5.41, 5.74) is 0.259. The minimum atomic E-state index is -0.946. The van der Waals surface area contributed by atoms with Crippen molar-refractivity contribution in [2.45, 2.75) is 43.7 Å². The average molecular weight is 402 g/mol. The molecule has 0 saturated heterocycles. The average Bonchev–Trinajstić information content (AvgIpc) is 2.63. The van der Waals surface area contributed by atoms with Crippen LogP contribution in [-0.2, 0) is 16.0 Å². The quantitative estimate of drug-likeness (QED) is 0.632. The molecule has 0 aliphatic carbocycles. The fourth-order valence-corrected chi connectivity index (χ4v) is 3.73. The molecule has 0 heterocycles. The number of benzene rings is 2. The van der Waals surface area contributed by atoms with Crippen molar-refractivity contribution in [2.24, 2.45) is 5.92 Å². The van der Waals surface area contributed by atoms with E-state index in [0.717, 1.165) is 10.5 Å². The first-order valence-corrected chi connectivity index (χ1v) is 10.2. The molecule has 0 aliphatic rings. The van der Waals surface area contributed by atoms with Gasteiger partial charge in [0, 0.05) is 10.6 Å². The van der Waals surface area contributed by atoms with Crippen molar-refractivity contribution in [3.8, 4) is 0 Å². The maximum atomic E-state index is 12.3. The van der Waals surface area contributed by atoms with Gasteiger partial charge in [0.1, 0.15) is 5.60 Å². The Hall–Kier alpha value is -2.47. The Labute approximate surface area is 170 Å².